The molecule has 5 heteroatoms. The fourth-order valence-electron chi connectivity index (χ4n) is 3.13. The molecule has 0 N–H and O–H groups in total. The summed E-state index contributed by atoms with van der Waals surface area (Å²) in [4.78, 5) is 14.0. The molecule has 0 unspecified atom stereocenters. The van der Waals surface area contributed by atoms with E-state index in [0.29, 0.717) is 0 Å². The van der Waals surface area contributed by atoms with E-state index < -0.39 is 0 Å². The van der Waals surface area contributed by atoms with E-state index in [9.17, 15) is 0 Å². The van der Waals surface area contributed by atoms with Crippen molar-refractivity contribution in [1.29, 1.82) is 0 Å². The molecule has 2 heterocycles. The zero-order chi connectivity index (χ0) is 16.4. The van der Waals surface area contributed by atoms with Crippen molar-refractivity contribution < 1.29 is 0 Å². The van der Waals surface area contributed by atoms with Gasteiger partial charge in [0.2, 0.25) is 0 Å². The highest BCUT2D eigenvalue weighted by molar-refractivity contribution is 6.30. The number of aromatic nitrogens is 2. The van der Waals surface area contributed by atoms with E-state index in [1.54, 1.807) is 0 Å². The zero-order valence-corrected chi connectivity index (χ0v) is 14.2. The first-order valence-electron chi connectivity index (χ1n) is 8.21. The standard InChI is InChI=1S/C19H19ClN4/c20-16-5-3-4-15(12-16)14-23-8-10-24(11-9-23)19-13-21-17-6-1-2-7-18(17)22-19/h1-7,12-13H,8-11,14H2. The largest absolute Gasteiger partial charge is 0.353 e. The van der Waals surface area contributed by atoms with Crippen molar-refractivity contribution in [2.45, 2.75) is 6.54 Å². The van der Waals surface area contributed by atoms with Crippen molar-refractivity contribution in [1.82, 2.24) is 14.9 Å². The molecule has 4 nitrogen and oxygen atoms in total. The predicted octanol–water partition coefficient (Wildman–Crippen LogP) is 3.61. The second-order valence-electron chi connectivity index (χ2n) is 6.11. The van der Waals surface area contributed by atoms with Crippen molar-refractivity contribution in [2.24, 2.45) is 0 Å². The molecular formula is C19H19ClN4. The Morgan fingerprint density at radius 1 is 0.917 bits per heavy atom. The summed E-state index contributed by atoms with van der Waals surface area (Å²) >= 11 is 6.07. The minimum Gasteiger partial charge on any atom is -0.353 e. The van der Waals surface area contributed by atoms with Crippen molar-refractivity contribution >= 4 is 28.5 Å². The van der Waals surface area contributed by atoms with Gasteiger partial charge in [-0.05, 0) is 29.8 Å². The third-order valence-electron chi connectivity index (χ3n) is 4.43. The molecule has 1 aromatic heterocycles. The topological polar surface area (TPSA) is 32.3 Å². The average molecular weight is 339 g/mol. The highest BCUT2D eigenvalue weighted by Crippen LogP contribution is 2.18. The molecule has 0 atom stereocenters. The number of hydrogen-bond donors (Lipinski definition) is 0. The van der Waals surface area contributed by atoms with Gasteiger partial charge in [-0.3, -0.25) is 9.88 Å². The maximum atomic E-state index is 6.07. The van der Waals surface area contributed by atoms with Crippen molar-refractivity contribution in [3.05, 3.63) is 65.3 Å². The summed E-state index contributed by atoms with van der Waals surface area (Å²) in [5, 5.41) is 0.803. The van der Waals surface area contributed by atoms with E-state index >= 15 is 0 Å². The van der Waals surface area contributed by atoms with Gasteiger partial charge in [0.25, 0.3) is 0 Å². The highest BCUT2D eigenvalue weighted by Gasteiger charge is 2.18. The summed E-state index contributed by atoms with van der Waals surface area (Å²) in [6, 6.07) is 16.1. The Kier molecular flexibility index (Phi) is 4.32. The zero-order valence-electron chi connectivity index (χ0n) is 13.4. The third kappa shape index (κ3) is 3.35. The number of rotatable bonds is 3. The monoisotopic (exact) mass is 338 g/mol. The maximum Gasteiger partial charge on any atom is 0.147 e. The van der Waals surface area contributed by atoms with Crippen LogP contribution in [0.1, 0.15) is 5.56 Å². The first-order valence-corrected chi connectivity index (χ1v) is 8.59. The fraction of sp³-hybridized carbons (Fsp3) is 0.263. The van der Waals surface area contributed by atoms with E-state index in [0.717, 1.165) is 54.6 Å². The molecule has 1 saturated heterocycles. The average Bonchev–Trinajstić information content (AvgIpc) is 2.62. The Hall–Kier alpha value is -2.17. The number of fused-ring (bicyclic) bond motifs is 1. The Morgan fingerprint density at radius 3 is 2.50 bits per heavy atom. The second-order valence-corrected chi connectivity index (χ2v) is 6.55. The van der Waals surface area contributed by atoms with Crippen LogP contribution in [-0.2, 0) is 6.54 Å². The number of hydrogen-bond acceptors (Lipinski definition) is 4. The summed E-state index contributed by atoms with van der Waals surface area (Å²) in [6.07, 6.45) is 1.88. The summed E-state index contributed by atoms with van der Waals surface area (Å²) in [7, 11) is 0. The summed E-state index contributed by atoms with van der Waals surface area (Å²) in [5.74, 6) is 0.969. The van der Waals surface area contributed by atoms with Gasteiger partial charge < -0.3 is 4.90 Å². The number of benzene rings is 2. The minimum absolute atomic E-state index is 0.803. The van der Waals surface area contributed by atoms with Gasteiger partial charge in [-0.25, -0.2) is 4.98 Å². The molecule has 1 aliphatic rings. The fourth-order valence-corrected chi connectivity index (χ4v) is 3.34. The molecule has 3 aromatic rings. The lowest BCUT2D eigenvalue weighted by Gasteiger charge is -2.35. The van der Waals surface area contributed by atoms with Crippen LogP contribution in [-0.4, -0.2) is 41.0 Å². The molecule has 1 aliphatic heterocycles. The molecule has 0 bridgehead atoms. The van der Waals surface area contributed by atoms with Gasteiger partial charge >= 0.3 is 0 Å². The third-order valence-corrected chi connectivity index (χ3v) is 4.66. The predicted molar refractivity (Wildman–Crippen MR) is 98.5 cm³/mol. The van der Waals surface area contributed by atoms with Gasteiger partial charge in [0, 0.05) is 37.7 Å². The molecule has 2 aromatic carbocycles. The Morgan fingerprint density at radius 2 is 1.71 bits per heavy atom. The Balaban J connectivity index is 1.41. The van der Waals surface area contributed by atoms with Crippen LogP contribution in [0.2, 0.25) is 5.02 Å². The van der Waals surface area contributed by atoms with Crippen LogP contribution in [0.4, 0.5) is 5.82 Å². The van der Waals surface area contributed by atoms with Crippen molar-refractivity contribution in [3.8, 4) is 0 Å². The van der Waals surface area contributed by atoms with Gasteiger partial charge in [0.15, 0.2) is 0 Å². The van der Waals surface area contributed by atoms with Gasteiger partial charge in [0.1, 0.15) is 5.82 Å². The number of piperazine rings is 1. The van der Waals surface area contributed by atoms with Crippen LogP contribution < -0.4 is 4.90 Å². The van der Waals surface area contributed by atoms with E-state index in [-0.39, 0.29) is 0 Å². The summed E-state index contributed by atoms with van der Waals surface area (Å²) in [6.45, 7) is 4.90. The first-order chi connectivity index (χ1) is 11.8. The van der Waals surface area contributed by atoms with Crippen LogP contribution in [0.15, 0.2) is 54.7 Å². The summed E-state index contributed by atoms with van der Waals surface area (Å²) < 4.78 is 0. The van der Waals surface area contributed by atoms with Crippen LogP contribution in [0.25, 0.3) is 11.0 Å². The maximum absolute atomic E-state index is 6.07. The summed E-state index contributed by atoms with van der Waals surface area (Å²) in [5.41, 5.74) is 3.17. The molecule has 24 heavy (non-hydrogen) atoms. The van der Waals surface area contributed by atoms with Crippen molar-refractivity contribution in [3.63, 3.8) is 0 Å². The lowest BCUT2D eigenvalue weighted by molar-refractivity contribution is 0.249. The SMILES string of the molecule is Clc1cccc(CN2CCN(c3cnc4ccccc4n3)CC2)c1. The van der Waals surface area contributed by atoms with Gasteiger partial charge in [-0.15, -0.1) is 0 Å². The second kappa shape index (κ2) is 6.75. The van der Waals surface area contributed by atoms with Crippen LogP contribution >= 0.6 is 11.6 Å². The van der Waals surface area contributed by atoms with Crippen LogP contribution in [0, 0.1) is 0 Å². The van der Waals surface area contributed by atoms with Crippen LogP contribution in [0.3, 0.4) is 0 Å². The van der Waals surface area contributed by atoms with E-state index in [1.807, 2.05) is 48.7 Å². The molecular weight excluding hydrogens is 320 g/mol. The van der Waals surface area contributed by atoms with Crippen molar-refractivity contribution in [2.75, 3.05) is 31.1 Å². The van der Waals surface area contributed by atoms with E-state index in [1.165, 1.54) is 5.56 Å². The molecule has 122 valence electrons. The Labute approximate surface area is 146 Å². The smallest absolute Gasteiger partial charge is 0.147 e. The molecule has 0 saturated carbocycles. The molecule has 1 fully saturated rings. The number of nitrogens with zero attached hydrogens (tertiary/aromatic N) is 4. The van der Waals surface area contributed by atoms with Crippen LogP contribution in [0.5, 0.6) is 0 Å². The normalized spacial score (nSPS) is 15.8. The molecule has 0 amide bonds. The first kappa shape index (κ1) is 15.4. The van der Waals surface area contributed by atoms with Gasteiger partial charge in [-0.1, -0.05) is 35.9 Å². The van der Waals surface area contributed by atoms with E-state index in [4.69, 9.17) is 16.6 Å². The number of anilines is 1. The number of para-hydroxylation sites is 2. The lowest BCUT2D eigenvalue weighted by Crippen LogP contribution is -2.46. The molecule has 4 rings (SSSR count). The van der Waals surface area contributed by atoms with E-state index in [2.05, 4.69) is 20.9 Å². The highest BCUT2D eigenvalue weighted by atomic mass is 35.5. The quantitative estimate of drug-likeness (QED) is 0.730. The Bertz CT molecular complexity index is 843. The molecule has 0 spiro atoms. The minimum atomic E-state index is 0.803. The number of halogens is 1. The van der Waals surface area contributed by atoms with Gasteiger partial charge in [-0.2, -0.15) is 0 Å². The molecule has 0 aliphatic carbocycles. The van der Waals surface area contributed by atoms with Gasteiger partial charge in [0.05, 0.1) is 17.2 Å². The lowest BCUT2D eigenvalue weighted by atomic mass is 10.2. The molecule has 0 radical (unpaired) electrons.